The molecule has 37 heavy (non-hydrogen) atoms. The van der Waals surface area contributed by atoms with Gasteiger partial charge < -0.3 is 19.7 Å². The topological polar surface area (TPSA) is 148 Å². The molecule has 2 aliphatic rings. The summed E-state index contributed by atoms with van der Waals surface area (Å²) >= 11 is 0. The number of unbranched alkanes of at least 4 members (excludes halogenated alkanes) is 1. The Hall–Kier alpha value is -2.49. The highest BCUT2D eigenvalue weighted by Crippen LogP contribution is 2.38. The third-order valence-corrected chi connectivity index (χ3v) is 7.64. The van der Waals surface area contributed by atoms with E-state index in [-0.39, 0.29) is 56.9 Å². The van der Waals surface area contributed by atoms with Crippen molar-refractivity contribution in [1.29, 1.82) is 0 Å². The van der Waals surface area contributed by atoms with Gasteiger partial charge in [-0.15, -0.1) is 0 Å². The van der Waals surface area contributed by atoms with Gasteiger partial charge in [-0.3, -0.25) is 28.9 Å². The Labute approximate surface area is 219 Å². The standard InChI is InChI=1S/C27H43NO9/c1-4-5-12-36-26(34)19(14-17(2)25(32)33)15-20(27(35)37-13-11-29)16-22-18(3)23(30)28(24(22)31)21-9-7-6-8-10-21/h17-22,29H,4-16H2,1-3H3,(H,32,33). The third kappa shape index (κ3) is 8.51. The van der Waals surface area contributed by atoms with Gasteiger partial charge in [0.05, 0.1) is 36.9 Å². The number of imide groups is 1. The molecule has 0 aromatic rings. The predicted molar refractivity (Wildman–Crippen MR) is 133 cm³/mol. The number of rotatable bonds is 15. The van der Waals surface area contributed by atoms with Crippen molar-refractivity contribution in [1.82, 2.24) is 4.90 Å². The van der Waals surface area contributed by atoms with Crippen LogP contribution in [0, 0.1) is 29.6 Å². The number of aliphatic hydroxyl groups excluding tert-OH is 1. The number of carbonyl (C=O) groups is 5. The number of aliphatic carboxylic acids is 1. The molecule has 5 atom stereocenters. The molecule has 1 saturated heterocycles. The van der Waals surface area contributed by atoms with E-state index in [2.05, 4.69) is 0 Å². The van der Waals surface area contributed by atoms with Crippen LogP contribution in [0.15, 0.2) is 0 Å². The smallest absolute Gasteiger partial charge is 0.309 e. The normalized spacial score (nSPS) is 23.0. The molecule has 2 amide bonds. The fourth-order valence-corrected chi connectivity index (χ4v) is 5.35. The van der Waals surface area contributed by atoms with Gasteiger partial charge in [0.1, 0.15) is 6.61 Å². The van der Waals surface area contributed by atoms with E-state index in [1.807, 2.05) is 6.92 Å². The number of nitrogens with zero attached hydrogens (tertiary/aromatic N) is 1. The fraction of sp³-hybridized carbons (Fsp3) is 0.815. The molecule has 0 bridgehead atoms. The summed E-state index contributed by atoms with van der Waals surface area (Å²) < 4.78 is 10.5. The summed E-state index contributed by atoms with van der Waals surface area (Å²) in [5, 5.41) is 18.5. The van der Waals surface area contributed by atoms with Crippen molar-refractivity contribution in [3.05, 3.63) is 0 Å². The minimum absolute atomic E-state index is 0.000581. The lowest BCUT2D eigenvalue weighted by molar-refractivity contribution is -0.155. The summed E-state index contributed by atoms with van der Waals surface area (Å²) in [6.07, 6.45) is 5.91. The second kappa shape index (κ2) is 15.1. The van der Waals surface area contributed by atoms with E-state index in [1.54, 1.807) is 6.92 Å². The molecule has 2 fully saturated rings. The molecule has 1 heterocycles. The quantitative estimate of drug-likeness (QED) is 0.187. The third-order valence-electron chi connectivity index (χ3n) is 7.64. The van der Waals surface area contributed by atoms with Gasteiger partial charge in [0, 0.05) is 12.0 Å². The first kappa shape index (κ1) is 30.7. The molecule has 2 N–H and O–H groups in total. The number of carbonyl (C=O) groups excluding carboxylic acids is 4. The summed E-state index contributed by atoms with van der Waals surface area (Å²) in [7, 11) is 0. The minimum atomic E-state index is -1.07. The Morgan fingerprint density at radius 1 is 0.973 bits per heavy atom. The summed E-state index contributed by atoms with van der Waals surface area (Å²) in [6.45, 7) is 4.68. The van der Waals surface area contributed by atoms with Gasteiger partial charge in [0.15, 0.2) is 0 Å². The van der Waals surface area contributed by atoms with Gasteiger partial charge in [-0.25, -0.2) is 0 Å². The Balaban J connectivity index is 2.25. The van der Waals surface area contributed by atoms with Crippen LogP contribution < -0.4 is 0 Å². The number of likely N-dealkylation sites (tertiary alicyclic amines) is 1. The van der Waals surface area contributed by atoms with Crippen molar-refractivity contribution >= 4 is 29.7 Å². The predicted octanol–water partition coefficient (Wildman–Crippen LogP) is 2.94. The maximum atomic E-state index is 13.4. The fourth-order valence-electron chi connectivity index (χ4n) is 5.35. The Morgan fingerprint density at radius 3 is 2.19 bits per heavy atom. The average molecular weight is 526 g/mol. The SMILES string of the molecule is CCCCOC(=O)C(CC(C)C(=O)O)CC(CC1C(=O)N(C2CCCCC2)C(=O)C1C)C(=O)OCCO. The van der Waals surface area contributed by atoms with E-state index >= 15 is 0 Å². The van der Waals surface area contributed by atoms with Crippen LogP contribution in [0.2, 0.25) is 0 Å². The van der Waals surface area contributed by atoms with E-state index in [4.69, 9.17) is 14.6 Å². The largest absolute Gasteiger partial charge is 0.481 e. The van der Waals surface area contributed by atoms with Crippen molar-refractivity contribution in [3.8, 4) is 0 Å². The van der Waals surface area contributed by atoms with Gasteiger partial charge in [-0.1, -0.05) is 46.5 Å². The van der Waals surface area contributed by atoms with Crippen molar-refractivity contribution in [2.75, 3.05) is 19.8 Å². The first-order valence-corrected chi connectivity index (χ1v) is 13.7. The highest BCUT2D eigenvalue weighted by atomic mass is 16.5. The van der Waals surface area contributed by atoms with Crippen LogP contribution in [-0.2, 0) is 33.4 Å². The molecule has 210 valence electrons. The number of ether oxygens (including phenoxy) is 2. The van der Waals surface area contributed by atoms with Crippen LogP contribution in [0.5, 0.6) is 0 Å². The minimum Gasteiger partial charge on any atom is -0.481 e. The number of carboxylic acid groups (broad SMARTS) is 1. The zero-order valence-corrected chi connectivity index (χ0v) is 22.4. The number of carboxylic acids is 1. The second-order valence-electron chi connectivity index (χ2n) is 10.5. The van der Waals surface area contributed by atoms with Crippen LogP contribution in [-0.4, -0.2) is 70.7 Å². The maximum Gasteiger partial charge on any atom is 0.309 e. The number of amides is 2. The summed E-state index contributed by atoms with van der Waals surface area (Å²) in [5.74, 6) is -6.93. The Morgan fingerprint density at radius 2 is 1.59 bits per heavy atom. The molecule has 1 aliphatic carbocycles. The zero-order chi connectivity index (χ0) is 27.5. The molecule has 10 heteroatoms. The van der Waals surface area contributed by atoms with Gasteiger partial charge in [-0.05, 0) is 38.5 Å². The molecule has 0 spiro atoms. The zero-order valence-electron chi connectivity index (χ0n) is 22.4. The van der Waals surface area contributed by atoms with E-state index in [1.165, 1.54) is 11.8 Å². The van der Waals surface area contributed by atoms with E-state index in [9.17, 15) is 29.1 Å². The van der Waals surface area contributed by atoms with Crippen LogP contribution >= 0.6 is 0 Å². The molecule has 2 rings (SSSR count). The van der Waals surface area contributed by atoms with Gasteiger partial charge in [0.2, 0.25) is 11.8 Å². The lowest BCUT2D eigenvalue weighted by atomic mass is 9.80. The molecule has 5 unspecified atom stereocenters. The van der Waals surface area contributed by atoms with Crippen molar-refractivity contribution in [2.45, 2.75) is 91.0 Å². The lowest BCUT2D eigenvalue weighted by Crippen LogP contribution is -2.42. The van der Waals surface area contributed by atoms with Gasteiger partial charge >= 0.3 is 17.9 Å². The van der Waals surface area contributed by atoms with E-state index < -0.39 is 47.5 Å². The molecule has 0 radical (unpaired) electrons. The summed E-state index contributed by atoms with van der Waals surface area (Å²) in [4.78, 5) is 65.2. The van der Waals surface area contributed by atoms with Crippen molar-refractivity contribution in [3.63, 3.8) is 0 Å². The van der Waals surface area contributed by atoms with Crippen molar-refractivity contribution in [2.24, 2.45) is 29.6 Å². The van der Waals surface area contributed by atoms with Crippen LogP contribution in [0.25, 0.3) is 0 Å². The summed E-state index contributed by atoms with van der Waals surface area (Å²) in [6, 6.07) is -0.126. The number of hydrogen-bond donors (Lipinski definition) is 2. The maximum absolute atomic E-state index is 13.4. The molecular weight excluding hydrogens is 482 g/mol. The van der Waals surface area contributed by atoms with Gasteiger partial charge in [0.25, 0.3) is 0 Å². The first-order valence-electron chi connectivity index (χ1n) is 13.7. The molecule has 0 aromatic carbocycles. The van der Waals surface area contributed by atoms with Gasteiger partial charge in [-0.2, -0.15) is 0 Å². The highest BCUT2D eigenvalue weighted by molar-refractivity contribution is 6.05. The average Bonchev–Trinajstić information content (AvgIpc) is 3.09. The molecule has 1 aliphatic heterocycles. The monoisotopic (exact) mass is 525 g/mol. The Bertz CT molecular complexity index is 808. The molecule has 0 aromatic heterocycles. The molecular formula is C27H43NO9. The number of aliphatic hydroxyl groups is 1. The lowest BCUT2D eigenvalue weighted by Gasteiger charge is -2.30. The first-order chi connectivity index (χ1) is 17.6. The summed E-state index contributed by atoms with van der Waals surface area (Å²) in [5.41, 5.74) is 0. The number of esters is 2. The molecule has 1 saturated carbocycles. The van der Waals surface area contributed by atoms with Crippen LogP contribution in [0.1, 0.15) is 85.0 Å². The molecule has 10 nitrogen and oxygen atoms in total. The second-order valence-corrected chi connectivity index (χ2v) is 10.5. The van der Waals surface area contributed by atoms with Crippen LogP contribution in [0.4, 0.5) is 0 Å². The number of hydrogen-bond acceptors (Lipinski definition) is 8. The Kier molecular flexibility index (Phi) is 12.5. The van der Waals surface area contributed by atoms with Crippen molar-refractivity contribution < 1.29 is 43.7 Å². The highest BCUT2D eigenvalue weighted by Gasteiger charge is 2.49. The van der Waals surface area contributed by atoms with E-state index in [0.717, 1.165) is 38.5 Å². The van der Waals surface area contributed by atoms with Crippen LogP contribution in [0.3, 0.4) is 0 Å². The van der Waals surface area contributed by atoms with E-state index in [0.29, 0.717) is 6.42 Å².